The minimum absolute atomic E-state index is 0.162. The van der Waals surface area contributed by atoms with Crippen molar-refractivity contribution in [2.45, 2.75) is 26.4 Å². The zero-order chi connectivity index (χ0) is 17.3. The average Bonchev–Trinajstić information content (AvgIpc) is 2.48. The predicted molar refractivity (Wildman–Crippen MR) is 86.5 cm³/mol. The summed E-state index contributed by atoms with van der Waals surface area (Å²) in [4.78, 5) is 7.80. The number of guanidine groups is 1. The highest BCUT2D eigenvalue weighted by atomic mass is 19.4. The quantitative estimate of drug-likeness (QED) is 0.408. The molecule has 0 amide bonds. The summed E-state index contributed by atoms with van der Waals surface area (Å²) in [5, 5.41) is 8.89. The normalized spacial score (nSPS) is 12.4. The minimum atomic E-state index is -4.42. The molecule has 0 unspecified atom stereocenters. The molecule has 0 aliphatic rings. The third-order valence-corrected chi connectivity index (χ3v) is 3.06. The van der Waals surface area contributed by atoms with E-state index in [9.17, 15) is 13.2 Å². The van der Waals surface area contributed by atoms with Crippen LogP contribution in [0.15, 0.2) is 23.3 Å². The third-order valence-electron chi connectivity index (χ3n) is 3.06. The number of hydrogen-bond donors (Lipinski definition) is 3. The number of rotatable bonds is 7. The summed E-state index contributed by atoms with van der Waals surface area (Å²) >= 11 is 0. The second-order valence-electron chi connectivity index (χ2n) is 5.43. The van der Waals surface area contributed by atoms with Crippen LogP contribution in [0.2, 0.25) is 0 Å². The Kier molecular flexibility index (Phi) is 7.64. The van der Waals surface area contributed by atoms with Gasteiger partial charge in [-0.25, -0.2) is 4.98 Å². The van der Waals surface area contributed by atoms with Gasteiger partial charge in [0.2, 0.25) is 0 Å². The number of nitrogens with one attached hydrogen (secondary N) is 3. The summed E-state index contributed by atoms with van der Waals surface area (Å²) in [6.07, 6.45) is -2.07. The fourth-order valence-corrected chi connectivity index (χ4v) is 1.84. The Hall–Kier alpha value is -1.99. The molecular formula is C15H24F3N5. The summed E-state index contributed by atoms with van der Waals surface area (Å²) in [5.41, 5.74) is -0.764. The SMILES string of the molecule is CN=C(NCCNc1ncccc1C(F)(F)F)NCCC(C)C. The summed E-state index contributed by atoms with van der Waals surface area (Å²) in [5.74, 6) is 1.06. The molecule has 0 aromatic carbocycles. The largest absolute Gasteiger partial charge is 0.419 e. The summed E-state index contributed by atoms with van der Waals surface area (Å²) in [7, 11) is 1.65. The van der Waals surface area contributed by atoms with Crippen molar-refractivity contribution < 1.29 is 13.2 Å². The first-order valence-corrected chi connectivity index (χ1v) is 7.55. The molecular weight excluding hydrogens is 307 g/mol. The van der Waals surface area contributed by atoms with Crippen LogP contribution in [0.4, 0.5) is 19.0 Å². The average molecular weight is 331 g/mol. The first-order chi connectivity index (χ1) is 10.8. The van der Waals surface area contributed by atoms with Crippen LogP contribution in [-0.2, 0) is 6.18 Å². The molecule has 0 bridgehead atoms. The lowest BCUT2D eigenvalue weighted by molar-refractivity contribution is -0.137. The van der Waals surface area contributed by atoms with Gasteiger partial charge in [-0.15, -0.1) is 0 Å². The summed E-state index contributed by atoms with van der Waals surface area (Å²) in [6.45, 7) is 5.78. The standard InChI is InChI=1S/C15H24F3N5/c1-11(2)6-8-22-14(19-3)23-10-9-21-13-12(15(16,17)18)5-4-7-20-13/h4-5,7,11H,6,8-10H2,1-3H3,(H,20,21)(H2,19,22,23). The molecule has 0 spiro atoms. The van der Waals surface area contributed by atoms with Crippen LogP contribution in [0.3, 0.4) is 0 Å². The maximum absolute atomic E-state index is 12.8. The van der Waals surface area contributed by atoms with E-state index in [1.54, 1.807) is 7.05 Å². The highest BCUT2D eigenvalue weighted by Crippen LogP contribution is 2.33. The summed E-state index contributed by atoms with van der Waals surface area (Å²) < 4.78 is 38.5. The van der Waals surface area contributed by atoms with Crippen LogP contribution in [0, 0.1) is 5.92 Å². The van der Waals surface area contributed by atoms with Gasteiger partial charge < -0.3 is 16.0 Å². The van der Waals surface area contributed by atoms with Crippen LogP contribution in [-0.4, -0.2) is 37.6 Å². The smallest absolute Gasteiger partial charge is 0.368 e. The summed E-state index contributed by atoms with van der Waals surface area (Å²) in [6, 6.07) is 2.28. The van der Waals surface area contributed by atoms with E-state index in [4.69, 9.17) is 0 Å². The van der Waals surface area contributed by atoms with Crippen molar-refractivity contribution in [1.82, 2.24) is 15.6 Å². The number of pyridine rings is 1. The van der Waals surface area contributed by atoms with E-state index in [1.165, 1.54) is 12.3 Å². The Morgan fingerprint density at radius 3 is 2.52 bits per heavy atom. The van der Waals surface area contributed by atoms with E-state index in [-0.39, 0.29) is 5.82 Å². The molecule has 0 aliphatic carbocycles. The number of halogens is 3. The van der Waals surface area contributed by atoms with Crippen molar-refractivity contribution in [2.24, 2.45) is 10.9 Å². The molecule has 1 heterocycles. The molecule has 1 aromatic heterocycles. The van der Waals surface area contributed by atoms with Crippen LogP contribution in [0.5, 0.6) is 0 Å². The highest BCUT2D eigenvalue weighted by Gasteiger charge is 2.33. The van der Waals surface area contributed by atoms with E-state index in [2.05, 4.69) is 39.8 Å². The van der Waals surface area contributed by atoms with Crippen molar-refractivity contribution in [3.8, 4) is 0 Å². The van der Waals surface area contributed by atoms with Gasteiger partial charge in [0, 0.05) is 32.9 Å². The molecule has 0 saturated heterocycles. The maximum Gasteiger partial charge on any atom is 0.419 e. The molecule has 3 N–H and O–H groups in total. The Morgan fingerprint density at radius 1 is 1.22 bits per heavy atom. The number of nitrogens with zero attached hydrogens (tertiary/aromatic N) is 2. The molecule has 8 heteroatoms. The van der Waals surface area contributed by atoms with Gasteiger partial charge in [0.25, 0.3) is 0 Å². The molecule has 0 radical (unpaired) electrons. The maximum atomic E-state index is 12.8. The molecule has 0 aliphatic heterocycles. The number of alkyl halides is 3. The second kappa shape index (κ2) is 9.22. The van der Waals surface area contributed by atoms with Crippen LogP contribution < -0.4 is 16.0 Å². The van der Waals surface area contributed by atoms with Gasteiger partial charge >= 0.3 is 6.18 Å². The lowest BCUT2D eigenvalue weighted by atomic mass is 10.1. The molecule has 1 rings (SSSR count). The number of aliphatic imine (C=N–C) groups is 1. The van der Waals surface area contributed by atoms with Gasteiger partial charge in [-0.05, 0) is 24.5 Å². The van der Waals surface area contributed by atoms with Crippen LogP contribution in [0.1, 0.15) is 25.8 Å². The Balaban J connectivity index is 2.40. The molecule has 1 aromatic rings. The van der Waals surface area contributed by atoms with E-state index in [0.29, 0.717) is 25.0 Å². The van der Waals surface area contributed by atoms with Gasteiger partial charge in [0.1, 0.15) is 5.82 Å². The van der Waals surface area contributed by atoms with Crippen molar-refractivity contribution in [1.29, 1.82) is 0 Å². The van der Waals surface area contributed by atoms with Crippen molar-refractivity contribution in [3.05, 3.63) is 23.9 Å². The van der Waals surface area contributed by atoms with E-state index >= 15 is 0 Å². The van der Waals surface area contributed by atoms with Crippen LogP contribution >= 0.6 is 0 Å². The van der Waals surface area contributed by atoms with Crippen molar-refractivity contribution in [2.75, 3.05) is 32.0 Å². The zero-order valence-corrected chi connectivity index (χ0v) is 13.7. The Labute approximate surface area is 134 Å². The first-order valence-electron chi connectivity index (χ1n) is 7.55. The molecule has 130 valence electrons. The van der Waals surface area contributed by atoms with Gasteiger partial charge in [-0.2, -0.15) is 13.2 Å². The fourth-order valence-electron chi connectivity index (χ4n) is 1.84. The van der Waals surface area contributed by atoms with Gasteiger partial charge in [0.15, 0.2) is 5.96 Å². The lowest BCUT2D eigenvalue weighted by Gasteiger charge is -2.15. The molecule has 0 fully saturated rings. The molecule has 5 nitrogen and oxygen atoms in total. The number of anilines is 1. The zero-order valence-electron chi connectivity index (χ0n) is 13.7. The van der Waals surface area contributed by atoms with E-state index < -0.39 is 11.7 Å². The van der Waals surface area contributed by atoms with Gasteiger partial charge in [-0.1, -0.05) is 13.8 Å². The second-order valence-corrected chi connectivity index (χ2v) is 5.43. The topological polar surface area (TPSA) is 61.3 Å². The van der Waals surface area contributed by atoms with Crippen LogP contribution in [0.25, 0.3) is 0 Å². The van der Waals surface area contributed by atoms with E-state index in [0.717, 1.165) is 19.0 Å². The monoisotopic (exact) mass is 331 g/mol. The van der Waals surface area contributed by atoms with Crippen molar-refractivity contribution in [3.63, 3.8) is 0 Å². The van der Waals surface area contributed by atoms with Gasteiger partial charge in [-0.3, -0.25) is 4.99 Å². The molecule has 23 heavy (non-hydrogen) atoms. The van der Waals surface area contributed by atoms with Crippen molar-refractivity contribution >= 4 is 11.8 Å². The fraction of sp³-hybridized carbons (Fsp3) is 0.600. The first kappa shape index (κ1) is 19.1. The highest BCUT2D eigenvalue weighted by molar-refractivity contribution is 5.79. The predicted octanol–water partition coefficient (Wildman–Crippen LogP) is 2.72. The molecule has 0 atom stereocenters. The number of hydrogen-bond acceptors (Lipinski definition) is 3. The van der Waals surface area contributed by atoms with E-state index in [1.807, 2.05) is 0 Å². The number of aromatic nitrogens is 1. The van der Waals surface area contributed by atoms with Gasteiger partial charge in [0.05, 0.1) is 5.56 Å². The Bertz CT molecular complexity index is 500. The Morgan fingerprint density at radius 2 is 1.91 bits per heavy atom. The lowest BCUT2D eigenvalue weighted by Crippen LogP contribution is -2.40. The molecule has 0 saturated carbocycles. The minimum Gasteiger partial charge on any atom is -0.368 e. The third kappa shape index (κ3) is 7.21.